The first kappa shape index (κ1) is 19.0. The molecule has 2 N–H and O–H groups in total. The van der Waals surface area contributed by atoms with E-state index in [1.165, 1.54) is 33.5 Å². The number of hydrogen-bond acceptors (Lipinski definition) is 8. The molecule has 28 heavy (non-hydrogen) atoms. The number of benzene rings is 2. The van der Waals surface area contributed by atoms with Crippen molar-refractivity contribution in [3.05, 3.63) is 42.0 Å². The Kier molecular flexibility index (Phi) is 5.35. The number of nitrogens with zero attached hydrogens (tertiary/aromatic N) is 3. The molecule has 0 fully saturated rings. The van der Waals surface area contributed by atoms with Gasteiger partial charge in [-0.15, -0.1) is 5.10 Å². The summed E-state index contributed by atoms with van der Waals surface area (Å²) >= 11 is 0. The van der Waals surface area contributed by atoms with Crippen LogP contribution in [0.25, 0.3) is 11.4 Å². The van der Waals surface area contributed by atoms with E-state index < -0.39 is 5.91 Å². The first-order valence-corrected chi connectivity index (χ1v) is 8.24. The fourth-order valence-corrected chi connectivity index (χ4v) is 2.68. The number of carbonyl (C=O) groups excluding carboxylic acids is 1. The molecule has 0 amide bonds. The first-order valence-electron chi connectivity index (χ1n) is 8.24. The molecule has 0 saturated carbocycles. The minimum absolute atomic E-state index is 0.0448. The third kappa shape index (κ3) is 3.41. The van der Waals surface area contributed by atoms with Crippen LogP contribution in [0.5, 0.6) is 23.0 Å². The van der Waals surface area contributed by atoms with E-state index in [-0.39, 0.29) is 11.5 Å². The van der Waals surface area contributed by atoms with E-state index >= 15 is 0 Å². The fraction of sp³-hybridized carbons (Fsp3) is 0.211. The molecule has 0 bridgehead atoms. The van der Waals surface area contributed by atoms with Crippen LogP contribution in [-0.4, -0.2) is 49.1 Å². The van der Waals surface area contributed by atoms with E-state index in [2.05, 4.69) is 10.1 Å². The van der Waals surface area contributed by atoms with E-state index in [1.807, 2.05) is 0 Å². The lowest BCUT2D eigenvalue weighted by Gasteiger charge is -2.13. The monoisotopic (exact) mass is 384 g/mol. The van der Waals surface area contributed by atoms with Gasteiger partial charge in [0, 0.05) is 11.1 Å². The van der Waals surface area contributed by atoms with Gasteiger partial charge in [0.05, 0.1) is 28.4 Å². The van der Waals surface area contributed by atoms with Crippen molar-refractivity contribution in [2.45, 2.75) is 0 Å². The number of aromatic nitrogens is 3. The molecule has 1 heterocycles. The van der Waals surface area contributed by atoms with Crippen LogP contribution in [0.4, 0.5) is 5.95 Å². The summed E-state index contributed by atoms with van der Waals surface area (Å²) in [7, 11) is 5.98. The van der Waals surface area contributed by atoms with Crippen LogP contribution >= 0.6 is 0 Å². The second kappa shape index (κ2) is 7.87. The van der Waals surface area contributed by atoms with Crippen LogP contribution in [0.2, 0.25) is 0 Å². The zero-order valence-electron chi connectivity index (χ0n) is 15.9. The average molecular weight is 384 g/mol. The van der Waals surface area contributed by atoms with E-state index in [4.69, 9.17) is 24.7 Å². The molecular formula is C19H20N4O5. The second-order valence-corrected chi connectivity index (χ2v) is 5.66. The van der Waals surface area contributed by atoms with Gasteiger partial charge < -0.3 is 24.7 Å². The van der Waals surface area contributed by atoms with E-state index in [1.54, 1.807) is 31.4 Å². The van der Waals surface area contributed by atoms with Crippen molar-refractivity contribution >= 4 is 11.9 Å². The quantitative estimate of drug-likeness (QED) is 0.689. The van der Waals surface area contributed by atoms with Crippen LogP contribution < -0.4 is 24.7 Å². The first-order chi connectivity index (χ1) is 13.5. The van der Waals surface area contributed by atoms with Crippen LogP contribution in [-0.2, 0) is 0 Å². The minimum Gasteiger partial charge on any atom is -0.497 e. The predicted octanol–water partition coefficient (Wildman–Crippen LogP) is 2.25. The minimum atomic E-state index is -0.488. The summed E-state index contributed by atoms with van der Waals surface area (Å²) in [6.45, 7) is 0. The zero-order chi connectivity index (χ0) is 20.3. The molecule has 0 unspecified atom stereocenters. The van der Waals surface area contributed by atoms with Crippen molar-refractivity contribution in [1.82, 2.24) is 14.8 Å². The van der Waals surface area contributed by atoms with Gasteiger partial charge in [0.25, 0.3) is 5.91 Å². The van der Waals surface area contributed by atoms with Gasteiger partial charge in [0.15, 0.2) is 17.3 Å². The smallest absolute Gasteiger partial charge is 0.281 e. The lowest BCUT2D eigenvalue weighted by Crippen LogP contribution is -2.16. The Balaban J connectivity index is 2.03. The Morgan fingerprint density at radius 1 is 0.964 bits per heavy atom. The SMILES string of the molecule is COc1cccc(-c2nc(N)n(C(=O)c3cc(OC)c(OC)c(OC)c3)n2)c1. The molecular weight excluding hydrogens is 364 g/mol. The van der Waals surface area contributed by atoms with Crippen molar-refractivity contribution in [3.63, 3.8) is 0 Å². The highest BCUT2D eigenvalue weighted by Gasteiger charge is 2.21. The molecule has 0 aliphatic rings. The summed E-state index contributed by atoms with van der Waals surface area (Å²) < 4.78 is 22.1. The van der Waals surface area contributed by atoms with Gasteiger partial charge in [-0.2, -0.15) is 9.67 Å². The molecule has 0 saturated heterocycles. The van der Waals surface area contributed by atoms with E-state index in [0.29, 0.717) is 34.4 Å². The van der Waals surface area contributed by atoms with Crippen molar-refractivity contribution in [3.8, 4) is 34.4 Å². The Bertz CT molecular complexity index is 990. The van der Waals surface area contributed by atoms with Gasteiger partial charge in [-0.25, -0.2) is 0 Å². The number of nitrogens with two attached hydrogens (primary N) is 1. The number of hydrogen-bond donors (Lipinski definition) is 1. The van der Waals surface area contributed by atoms with Crippen molar-refractivity contribution in [1.29, 1.82) is 0 Å². The van der Waals surface area contributed by atoms with E-state index in [0.717, 1.165) is 4.68 Å². The Morgan fingerprint density at radius 3 is 2.21 bits per heavy atom. The maximum atomic E-state index is 13.0. The maximum absolute atomic E-state index is 13.0. The van der Waals surface area contributed by atoms with Crippen molar-refractivity contribution < 1.29 is 23.7 Å². The Morgan fingerprint density at radius 2 is 1.64 bits per heavy atom. The molecule has 1 aromatic heterocycles. The fourth-order valence-electron chi connectivity index (χ4n) is 2.68. The Labute approximate surface area is 161 Å². The number of rotatable bonds is 6. The van der Waals surface area contributed by atoms with Crippen LogP contribution in [0.3, 0.4) is 0 Å². The maximum Gasteiger partial charge on any atom is 0.281 e. The second-order valence-electron chi connectivity index (χ2n) is 5.66. The van der Waals surface area contributed by atoms with Gasteiger partial charge in [-0.05, 0) is 24.3 Å². The standard InChI is InChI=1S/C19H20N4O5/c1-25-13-7-5-6-11(8-13)17-21-19(20)23(22-17)18(24)12-9-14(26-2)16(28-4)15(10-12)27-3/h5-10H,1-4H3,(H2,20,21,22). The summed E-state index contributed by atoms with van der Waals surface area (Å²) in [5, 5.41) is 4.25. The number of nitrogen functional groups attached to an aromatic ring is 1. The van der Waals surface area contributed by atoms with Gasteiger partial charge in [0.1, 0.15) is 5.75 Å². The molecule has 0 aliphatic carbocycles. The van der Waals surface area contributed by atoms with E-state index in [9.17, 15) is 4.79 Å². The molecule has 3 rings (SSSR count). The van der Waals surface area contributed by atoms with Gasteiger partial charge >= 0.3 is 0 Å². The number of methoxy groups -OCH3 is 4. The lowest BCUT2D eigenvalue weighted by atomic mass is 10.1. The molecule has 9 nitrogen and oxygen atoms in total. The van der Waals surface area contributed by atoms with Crippen LogP contribution in [0.15, 0.2) is 36.4 Å². The molecule has 0 aliphatic heterocycles. The summed E-state index contributed by atoms with van der Waals surface area (Å²) in [5.41, 5.74) is 6.86. The van der Waals surface area contributed by atoms with Gasteiger partial charge in [0.2, 0.25) is 11.7 Å². The molecule has 9 heteroatoms. The Hall–Kier alpha value is -3.75. The number of ether oxygens (including phenoxy) is 4. The molecule has 0 atom stereocenters. The molecule has 3 aromatic rings. The highest BCUT2D eigenvalue weighted by molar-refractivity contribution is 5.98. The van der Waals surface area contributed by atoms with Crippen LogP contribution in [0.1, 0.15) is 10.4 Å². The van der Waals surface area contributed by atoms with Gasteiger partial charge in [-0.3, -0.25) is 4.79 Å². The normalized spacial score (nSPS) is 10.4. The average Bonchev–Trinajstić information content (AvgIpc) is 3.13. The highest BCUT2D eigenvalue weighted by atomic mass is 16.5. The molecule has 146 valence electrons. The third-order valence-electron chi connectivity index (χ3n) is 4.06. The molecule has 0 spiro atoms. The largest absolute Gasteiger partial charge is 0.497 e. The predicted molar refractivity (Wildman–Crippen MR) is 102 cm³/mol. The highest BCUT2D eigenvalue weighted by Crippen LogP contribution is 2.38. The summed E-state index contributed by atoms with van der Waals surface area (Å²) in [6.07, 6.45) is 0. The number of anilines is 1. The van der Waals surface area contributed by atoms with Crippen molar-refractivity contribution in [2.75, 3.05) is 34.2 Å². The number of carbonyl (C=O) groups is 1. The topological polar surface area (TPSA) is 111 Å². The molecule has 2 aromatic carbocycles. The summed E-state index contributed by atoms with van der Waals surface area (Å²) in [6, 6.07) is 10.2. The summed E-state index contributed by atoms with van der Waals surface area (Å²) in [5.74, 6) is 1.48. The van der Waals surface area contributed by atoms with Crippen LogP contribution in [0, 0.1) is 0 Å². The molecule has 0 radical (unpaired) electrons. The van der Waals surface area contributed by atoms with Crippen molar-refractivity contribution in [2.24, 2.45) is 0 Å². The van der Waals surface area contributed by atoms with Gasteiger partial charge in [-0.1, -0.05) is 12.1 Å². The zero-order valence-corrected chi connectivity index (χ0v) is 15.9. The lowest BCUT2D eigenvalue weighted by molar-refractivity contribution is 0.0947. The third-order valence-corrected chi connectivity index (χ3v) is 4.06. The summed E-state index contributed by atoms with van der Waals surface area (Å²) in [4.78, 5) is 17.2.